The summed E-state index contributed by atoms with van der Waals surface area (Å²) in [6, 6.07) is 18.2. The number of fused-ring (bicyclic) bond motifs is 1. The molecule has 3 aliphatic rings. The van der Waals surface area contributed by atoms with Crippen LogP contribution in [0.5, 0.6) is 0 Å². The number of rotatable bonds is 6. The predicted molar refractivity (Wildman–Crippen MR) is 167 cm³/mol. The van der Waals surface area contributed by atoms with Crippen LogP contribution in [0.4, 0.5) is 0 Å². The van der Waals surface area contributed by atoms with Crippen LogP contribution in [-0.4, -0.2) is 45.3 Å². The summed E-state index contributed by atoms with van der Waals surface area (Å²) >= 11 is 0. The first-order valence-electron chi connectivity index (χ1n) is 14.7. The standard InChI is InChI=1S/C34H40N8/c1-33(2)29(39-21-23-13-5-9-17-35-23)27(25-15-7-11-19-37-25)42-32-31(33)41-28(26-16-8-12-20-38-26)30(34(32,3)4)40-22-24-14-6-10-18-36-24/h5-22,27-32,35,39,41-42H,1-4H3/b23-21-,40-22?/t27-,28-,29+,30+,31-,32-/m1/s1. The second-order valence-electron chi connectivity index (χ2n) is 12.5. The zero-order valence-corrected chi connectivity index (χ0v) is 24.6. The molecule has 3 aromatic heterocycles. The van der Waals surface area contributed by atoms with E-state index >= 15 is 0 Å². The Hall–Kier alpha value is -4.14. The molecule has 6 rings (SSSR count). The molecule has 42 heavy (non-hydrogen) atoms. The number of aromatic nitrogens is 3. The molecule has 6 heterocycles. The molecule has 8 nitrogen and oxygen atoms in total. The lowest BCUT2D eigenvalue weighted by atomic mass is 9.57. The van der Waals surface area contributed by atoms with Crippen molar-refractivity contribution in [1.29, 1.82) is 0 Å². The SMILES string of the molecule is CC1(C)[C@@H]2N[C@H](c3ccccn3)[C@H](N/C=C3/C=CC=CN3)C(C)(C)[C@@H]2N[C@H](c2ccccn2)[C@@H]1N=Cc1ccccn1. The first-order valence-corrected chi connectivity index (χ1v) is 14.7. The Morgan fingerprint density at radius 3 is 2.02 bits per heavy atom. The van der Waals surface area contributed by atoms with Gasteiger partial charge < -0.3 is 21.3 Å². The Labute approximate surface area is 248 Å². The molecule has 6 atom stereocenters. The highest BCUT2D eigenvalue weighted by atomic mass is 15.2. The van der Waals surface area contributed by atoms with Crippen LogP contribution < -0.4 is 21.3 Å². The van der Waals surface area contributed by atoms with Crippen molar-refractivity contribution < 1.29 is 0 Å². The normalized spacial score (nSPS) is 30.5. The third-order valence-electron chi connectivity index (χ3n) is 9.09. The van der Waals surface area contributed by atoms with E-state index in [0.29, 0.717) is 0 Å². The van der Waals surface area contributed by atoms with Crippen molar-refractivity contribution in [2.45, 2.75) is 63.9 Å². The molecule has 0 aliphatic carbocycles. The average molecular weight is 561 g/mol. The lowest BCUT2D eigenvalue weighted by Crippen LogP contribution is -2.77. The van der Waals surface area contributed by atoms with Crippen molar-refractivity contribution in [2.24, 2.45) is 15.8 Å². The molecule has 0 aromatic carbocycles. The van der Waals surface area contributed by atoms with Crippen LogP contribution >= 0.6 is 0 Å². The van der Waals surface area contributed by atoms with Gasteiger partial charge in [-0.05, 0) is 48.6 Å². The van der Waals surface area contributed by atoms with E-state index in [9.17, 15) is 0 Å². The van der Waals surface area contributed by atoms with Crippen LogP contribution in [0.25, 0.3) is 0 Å². The fourth-order valence-corrected chi connectivity index (χ4v) is 6.79. The van der Waals surface area contributed by atoms with Gasteiger partial charge in [0, 0.05) is 60.1 Å². The Kier molecular flexibility index (Phi) is 7.75. The van der Waals surface area contributed by atoms with Gasteiger partial charge in [0.2, 0.25) is 0 Å². The molecular weight excluding hydrogens is 520 g/mol. The van der Waals surface area contributed by atoms with Crippen LogP contribution in [-0.2, 0) is 0 Å². The molecule has 0 amide bonds. The highest BCUT2D eigenvalue weighted by Gasteiger charge is 2.60. The van der Waals surface area contributed by atoms with E-state index in [0.717, 1.165) is 22.8 Å². The highest BCUT2D eigenvalue weighted by Crippen LogP contribution is 2.50. The summed E-state index contributed by atoms with van der Waals surface area (Å²) in [5.41, 5.74) is 3.41. The van der Waals surface area contributed by atoms with Crippen molar-refractivity contribution in [1.82, 2.24) is 36.2 Å². The molecule has 3 aliphatic heterocycles. The minimum Gasteiger partial charge on any atom is -0.384 e. The topological polar surface area (TPSA) is 99.2 Å². The number of nitrogens with zero attached hydrogens (tertiary/aromatic N) is 4. The first-order chi connectivity index (χ1) is 20.4. The Balaban J connectivity index is 1.41. The van der Waals surface area contributed by atoms with Gasteiger partial charge in [0.15, 0.2) is 0 Å². The van der Waals surface area contributed by atoms with E-state index in [-0.39, 0.29) is 47.1 Å². The summed E-state index contributed by atoms with van der Waals surface area (Å²) in [5.74, 6) is 0. The number of piperidine rings is 2. The molecule has 3 aromatic rings. The molecular formula is C34H40N8. The number of pyridine rings is 3. The van der Waals surface area contributed by atoms with E-state index in [1.165, 1.54) is 0 Å². The van der Waals surface area contributed by atoms with Gasteiger partial charge in [0.1, 0.15) is 0 Å². The summed E-state index contributed by atoms with van der Waals surface area (Å²) in [7, 11) is 0. The van der Waals surface area contributed by atoms with E-state index < -0.39 is 0 Å². The number of aliphatic imine (C=N–C) groups is 1. The van der Waals surface area contributed by atoms with E-state index in [1.807, 2.05) is 67.3 Å². The van der Waals surface area contributed by atoms with Crippen LogP contribution in [0.15, 0.2) is 115 Å². The van der Waals surface area contributed by atoms with Gasteiger partial charge in [-0.3, -0.25) is 19.9 Å². The molecule has 0 spiro atoms. The molecule has 2 fully saturated rings. The van der Waals surface area contributed by atoms with E-state index in [1.54, 1.807) is 6.20 Å². The molecule has 2 saturated heterocycles. The molecule has 4 N–H and O–H groups in total. The fourth-order valence-electron chi connectivity index (χ4n) is 6.79. The average Bonchev–Trinajstić information content (AvgIpc) is 3.01. The summed E-state index contributed by atoms with van der Waals surface area (Å²) < 4.78 is 0. The predicted octanol–water partition coefficient (Wildman–Crippen LogP) is 4.61. The molecule has 8 heteroatoms. The van der Waals surface area contributed by atoms with Crippen LogP contribution in [0, 0.1) is 10.8 Å². The lowest BCUT2D eigenvalue weighted by Gasteiger charge is -2.62. The molecule has 0 unspecified atom stereocenters. The van der Waals surface area contributed by atoms with Crippen molar-refractivity contribution >= 4 is 6.21 Å². The van der Waals surface area contributed by atoms with Crippen molar-refractivity contribution in [2.75, 3.05) is 0 Å². The minimum atomic E-state index is -0.254. The number of allylic oxidation sites excluding steroid dienone is 3. The van der Waals surface area contributed by atoms with Crippen molar-refractivity contribution in [3.05, 3.63) is 127 Å². The van der Waals surface area contributed by atoms with Gasteiger partial charge in [-0.25, -0.2) is 0 Å². The fraction of sp³-hybridized carbons (Fsp3) is 0.353. The zero-order valence-electron chi connectivity index (χ0n) is 24.6. The summed E-state index contributed by atoms with van der Waals surface area (Å²) in [6.45, 7) is 9.38. The molecule has 216 valence electrons. The second kappa shape index (κ2) is 11.6. The molecule has 0 bridgehead atoms. The third-order valence-corrected chi connectivity index (χ3v) is 9.09. The van der Waals surface area contributed by atoms with Crippen LogP contribution in [0.3, 0.4) is 0 Å². The zero-order chi connectivity index (χ0) is 29.2. The largest absolute Gasteiger partial charge is 0.384 e. The minimum absolute atomic E-state index is 0.0310. The summed E-state index contributed by atoms with van der Waals surface area (Å²) in [5, 5.41) is 15.3. The Morgan fingerprint density at radius 1 is 0.762 bits per heavy atom. The Bertz CT molecular complexity index is 1460. The third kappa shape index (κ3) is 5.40. The Morgan fingerprint density at radius 2 is 1.40 bits per heavy atom. The lowest BCUT2D eigenvalue weighted by molar-refractivity contribution is -0.0364. The molecule has 0 saturated carbocycles. The number of hydrogen-bond donors (Lipinski definition) is 4. The van der Waals surface area contributed by atoms with Crippen LogP contribution in [0.2, 0.25) is 0 Å². The van der Waals surface area contributed by atoms with Gasteiger partial charge in [-0.15, -0.1) is 0 Å². The van der Waals surface area contributed by atoms with Crippen molar-refractivity contribution in [3.63, 3.8) is 0 Å². The smallest absolute Gasteiger partial charge is 0.0807 e. The first kappa shape index (κ1) is 28.0. The maximum atomic E-state index is 5.22. The maximum absolute atomic E-state index is 5.22. The van der Waals surface area contributed by atoms with Gasteiger partial charge in [0.05, 0.1) is 46.9 Å². The highest BCUT2D eigenvalue weighted by molar-refractivity contribution is 5.77. The van der Waals surface area contributed by atoms with Gasteiger partial charge in [0.25, 0.3) is 0 Å². The summed E-state index contributed by atoms with van der Waals surface area (Å²) in [4.78, 5) is 19.4. The number of nitrogens with one attached hydrogen (secondary N) is 4. The van der Waals surface area contributed by atoms with Gasteiger partial charge in [-0.1, -0.05) is 52.0 Å². The number of hydrogen-bond acceptors (Lipinski definition) is 8. The van der Waals surface area contributed by atoms with Crippen LogP contribution in [0.1, 0.15) is 56.9 Å². The van der Waals surface area contributed by atoms with Gasteiger partial charge in [-0.2, -0.15) is 0 Å². The van der Waals surface area contributed by atoms with Gasteiger partial charge >= 0.3 is 0 Å². The monoisotopic (exact) mass is 560 g/mol. The van der Waals surface area contributed by atoms with Crippen molar-refractivity contribution in [3.8, 4) is 0 Å². The molecule has 0 radical (unpaired) electrons. The summed E-state index contributed by atoms with van der Waals surface area (Å²) in [6.07, 6.45) is 17.6. The quantitative estimate of drug-likeness (QED) is 0.327. The second-order valence-corrected chi connectivity index (χ2v) is 12.5. The van der Waals surface area contributed by atoms with E-state index in [2.05, 4.69) is 90.5 Å². The number of dihydropyridines is 1. The maximum Gasteiger partial charge on any atom is 0.0807 e. The van der Waals surface area contributed by atoms with E-state index in [4.69, 9.17) is 15.0 Å².